The summed E-state index contributed by atoms with van der Waals surface area (Å²) in [6.45, 7) is 1.78. The summed E-state index contributed by atoms with van der Waals surface area (Å²) >= 11 is 6.89. The van der Waals surface area contributed by atoms with E-state index >= 15 is 0 Å². The van der Waals surface area contributed by atoms with Crippen molar-refractivity contribution in [3.63, 3.8) is 0 Å². The number of hydrogen-bond donors (Lipinski definition) is 1. The van der Waals surface area contributed by atoms with Crippen molar-refractivity contribution in [2.45, 2.75) is 29.7 Å². The first-order chi connectivity index (χ1) is 9.78. The molecule has 1 fully saturated rings. The number of halogens is 2. The van der Waals surface area contributed by atoms with E-state index in [4.69, 9.17) is 11.6 Å². The Kier molecular flexibility index (Phi) is 4.82. The summed E-state index contributed by atoms with van der Waals surface area (Å²) in [5.41, 5.74) is 0. The molecule has 1 saturated heterocycles. The van der Waals surface area contributed by atoms with Crippen LogP contribution in [0.15, 0.2) is 23.1 Å². The molecule has 9 heteroatoms. The van der Waals surface area contributed by atoms with Crippen molar-refractivity contribution in [1.82, 2.24) is 4.31 Å². The van der Waals surface area contributed by atoms with E-state index in [2.05, 4.69) is 0 Å². The topological polar surface area (TPSA) is 74.7 Å². The number of nitrogens with zero attached hydrogens (tertiary/aromatic N) is 1. The third-order valence-corrected chi connectivity index (χ3v) is 6.93. The molecule has 0 bridgehead atoms. The molecule has 1 N–H and O–H groups in total. The van der Waals surface area contributed by atoms with Crippen molar-refractivity contribution in [3.05, 3.63) is 29.0 Å². The molecule has 1 aromatic rings. The van der Waals surface area contributed by atoms with Gasteiger partial charge in [-0.05, 0) is 24.6 Å². The molecular weight excluding hydrogens is 341 g/mol. The maximum atomic E-state index is 13.2. The van der Waals surface area contributed by atoms with Crippen LogP contribution in [0.5, 0.6) is 0 Å². The van der Waals surface area contributed by atoms with Crippen LogP contribution in [0.1, 0.15) is 13.3 Å². The van der Waals surface area contributed by atoms with Crippen molar-refractivity contribution in [3.8, 4) is 0 Å². The lowest BCUT2D eigenvalue weighted by atomic mass is 10.3. The number of carboxylic acids is 1. The predicted molar refractivity (Wildman–Crippen MR) is 78.4 cm³/mol. The van der Waals surface area contributed by atoms with E-state index in [0.29, 0.717) is 6.42 Å². The molecule has 1 aliphatic rings. The molecule has 2 unspecified atom stereocenters. The molecule has 0 aliphatic carbocycles. The number of thioether (sulfide) groups is 1. The molecule has 0 amide bonds. The van der Waals surface area contributed by atoms with Crippen LogP contribution >= 0.6 is 23.4 Å². The van der Waals surface area contributed by atoms with Crippen LogP contribution in [0.4, 0.5) is 4.39 Å². The lowest BCUT2D eigenvalue weighted by Gasteiger charge is -2.25. The zero-order valence-electron chi connectivity index (χ0n) is 11.0. The second-order valence-electron chi connectivity index (χ2n) is 4.46. The number of rotatable bonds is 4. The normalized spacial score (nSPS) is 23.4. The van der Waals surface area contributed by atoms with Gasteiger partial charge in [-0.3, -0.25) is 4.79 Å². The van der Waals surface area contributed by atoms with Crippen molar-refractivity contribution in [1.29, 1.82) is 0 Å². The largest absolute Gasteiger partial charge is 0.480 e. The molecule has 116 valence electrons. The molecule has 5 nitrogen and oxygen atoms in total. The highest BCUT2D eigenvalue weighted by Gasteiger charge is 2.45. The summed E-state index contributed by atoms with van der Waals surface area (Å²) in [6, 6.07) is 1.91. The molecule has 0 saturated carbocycles. The fourth-order valence-corrected chi connectivity index (χ4v) is 5.92. The van der Waals surface area contributed by atoms with E-state index in [1.165, 1.54) is 11.8 Å². The fraction of sp³-hybridized carbons (Fsp3) is 0.417. The SMILES string of the molecule is CCC1SCC(C(=O)O)N1S(=O)(=O)c1ccc(F)c(Cl)c1. The third-order valence-electron chi connectivity index (χ3n) is 3.14. The molecule has 1 heterocycles. The lowest BCUT2D eigenvalue weighted by Crippen LogP contribution is -2.45. The summed E-state index contributed by atoms with van der Waals surface area (Å²) in [6.07, 6.45) is 0.475. The Balaban J connectivity index is 2.49. The Labute approximate surface area is 131 Å². The molecule has 0 aromatic heterocycles. The third kappa shape index (κ3) is 3.03. The van der Waals surface area contributed by atoms with Crippen molar-refractivity contribution in [2.75, 3.05) is 5.75 Å². The van der Waals surface area contributed by atoms with Gasteiger partial charge in [0, 0.05) is 5.75 Å². The molecule has 2 atom stereocenters. The van der Waals surface area contributed by atoms with E-state index < -0.39 is 33.2 Å². The zero-order valence-corrected chi connectivity index (χ0v) is 13.4. The lowest BCUT2D eigenvalue weighted by molar-refractivity contribution is -0.140. The summed E-state index contributed by atoms with van der Waals surface area (Å²) in [5.74, 6) is -1.74. The second kappa shape index (κ2) is 6.12. The fourth-order valence-electron chi connectivity index (χ4n) is 2.11. The van der Waals surface area contributed by atoms with Gasteiger partial charge in [0.25, 0.3) is 0 Å². The van der Waals surface area contributed by atoms with Crippen LogP contribution in [0, 0.1) is 5.82 Å². The van der Waals surface area contributed by atoms with Gasteiger partial charge in [-0.15, -0.1) is 11.8 Å². The average molecular weight is 354 g/mol. The van der Waals surface area contributed by atoms with Crippen LogP contribution in [0.25, 0.3) is 0 Å². The molecule has 2 rings (SSSR count). The standard InChI is InChI=1S/C12H13ClFNO4S2/c1-2-11-15(10(6-20-11)12(16)17)21(18,19)7-3-4-9(14)8(13)5-7/h3-5,10-11H,2,6H2,1H3,(H,16,17). The summed E-state index contributed by atoms with van der Waals surface area (Å²) in [7, 11) is -4.05. The number of hydrogen-bond acceptors (Lipinski definition) is 4. The van der Waals surface area contributed by atoms with Gasteiger partial charge in [-0.1, -0.05) is 18.5 Å². The molecule has 1 aromatic carbocycles. The number of carboxylic acid groups (broad SMARTS) is 1. The Bertz CT molecular complexity index is 667. The van der Waals surface area contributed by atoms with Crippen molar-refractivity contribution >= 4 is 39.4 Å². The quantitative estimate of drug-likeness (QED) is 0.899. The first-order valence-corrected chi connectivity index (χ1v) is 8.98. The average Bonchev–Trinajstić information content (AvgIpc) is 2.86. The number of benzene rings is 1. The number of aliphatic carboxylic acids is 1. The van der Waals surface area contributed by atoms with Crippen LogP contribution < -0.4 is 0 Å². The molecule has 0 spiro atoms. The maximum Gasteiger partial charge on any atom is 0.322 e. The van der Waals surface area contributed by atoms with E-state index in [1.54, 1.807) is 6.92 Å². The van der Waals surface area contributed by atoms with Crippen LogP contribution in [0.3, 0.4) is 0 Å². The number of sulfonamides is 1. The number of carbonyl (C=O) groups is 1. The van der Waals surface area contributed by atoms with Gasteiger partial charge < -0.3 is 5.11 Å². The van der Waals surface area contributed by atoms with E-state index in [1.807, 2.05) is 0 Å². The molecule has 21 heavy (non-hydrogen) atoms. The van der Waals surface area contributed by atoms with Gasteiger partial charge in [0.05, 0.1) is 15.3 Å². The molecule has 0 radical (unpaired) electrons. The monoisotopic (exact) mass is 353 g/mol. The van der Waals surface area contributed by atoms with Crippen LogP contribution in [-0.2, 0) is 14.8 Å². The molecular formula is C12H13ClFNO4S2. The zero-order chi connectivity index (χ0) is 15.8. The highest BCUT2D eigenvalue weighted by Crippen LogP contribution is 2.36. The highest BCUT2D eigenvalue weighted by atomic mass is 35.5. The smallest absolute Gasteiger partial charge is 0.322 e. The summed E-state index contributed by atoms with van der Waals surface area (Å²) in [4.78, 5) is 11.1. The van der Waals surface area contributed by atoms with Crippen LogP contribution in [-0.4, -0.2) is 41.0 Å². The summed E-state index contributed by atoms with van der Waals surface area (Å²) in [5, 5.41) is 8.43. The van der Waals surface area contributed by atoms with Gasteiger partial charge in [-0.25, -0.2) is 12.8 Å². The predicted octanol–water partition coefficient (Wildman–Crippen LogP) is 2.41. The maximum absolute atomic E-state index is 13.2. The van der Waals surface area contributed by atoms with E-state index in [0.717, 1.165) is 22.5 Å². The van der Waals surface area contributed by atoms with Crippen molar-refractivity contribution in [2.24, 2.45) is 0 Å². The molecule has 1 aliphatic heterocycles. The van der Waals surface area contributed by atoms with Crippen molar-refractivity contribution < 1.29 is 22.7 Å². The minimum Gasteiger partial charge on any atom is -0.480 e. The van der Waals surface area contributed by atoms with Gasteiger partial charge >= 0.3 is 5.97 Å². The second-order valence-corrected chi connectivity index (χ2v) is 7.92. The minimum absolute atomic E-state index is 0.183. The Hall–Kier alpha value is -0.830. The van der Waals surface area contributed by atoms with Gasteiger partial charge in [0.1, 0.15) is 11.9 Å². The summed E-state index contributed by atoms with van der Waals surface area (Å²) < 4.78 is 39.4. The first kappa shape index (κ1) is 16.5. The van der Waals surface area contributed by atoms with Gasteiger partial charge in [0.15, 0.2) is 0 Å². The highest BCUT2D eigenvalue weighted by molar-refractivity contribution is 8.01. The Morgan fingerprint density at radius 2 is 2.24 bits per heavy atom. The first-order valence-electron chi connectivity index (χ1n) is 6.12. The minimum atomic E-state index is -4.05. The van der Waals surface area contributed by atoms with E-state index in [-0.39, 0.29) is 15.7 Å². The van der Waals surface area contributed by atoms with E-state index in [9.17, 15) is 22.7 Å². The Morgan fingerprint density at radius 3 is 2.76 bits per heavy atom. The van der Waals surface area contributed by atoms with Gasteiger partial charge in [0.2, 0.25) is 10.0 Å². The van der Waals surface area contributed by atoms with Crippen LogP contribution in [0.2, 0.25) is 5.02 Å². The van der Waals surface area contributed by atoms with Gasteiger partial charge in [-0.2, -0.15) is 4.31 Å². The Morgan fingerprint density at radius 1 is 1.57 bits per heavy atom.